The molecule has 0 aliphatic rings. The van der Waals surface area contributed by atoms with Crippen LogP contribution in [0, 0.1) is 29.5 Å². The fraction of sp³-hybridized carbons (Fsp3) is 0.323. The molecule has 0 fully saturated rings. The molecule has 0 aliphatic heterocycles. The summed E-state index contributed by atoms with van der Waals surface area (Å²) in [5.41, 5.74) is 5.14. The lowest BCUT2D eigenvalue weighted by atomic mass is 10.1. The number of rotatable bonds is 8. The van der Waals surface area contributed by atoms with Crippen LogP contribution in [0.5, 0.6) is 0 Å². The van der Waals surface area contributed by atoms with E-state index in [0.29, 0.717) is 11.1 Å². The van der Waals surface area contributed by atoms with Gasteiger partial charge in [0.2, 0.25) is 0 Å². The zero-order chi connectivity index (χ0) is 23.3. The van der Waals surface area contributed by atoms with Gasteiger partial charge in [0.15, 0.2) is 0 Å². The van der Waals surface area contributed by atoms with E-state index in [4.69, 9.17) is 0 Å². The molecular formula is C31H32FN. The van der Waals surface area contributed by atoms with Crippen molar-refractivity contribution in [2.75, 3.05) is 0 Å². The third-order valence-corrected chi connectivity index (χ3v) is 5.55. The Morgan fingerprint density at radius 2 is 1.30 bits per heavy atom. The number of pyridine rings is 1. The van der Waals surface area contributed by atoms with Gasteiger partial charge in [-0.15, -0.1) is 0 Å². The van der Waals surface area contributed by atoms with Crippen LogP contribution >= 0.6 is 0 Å². The molecule has 0 amide bonds. The Morgan fingerprint density at radius 1 is 0.667 bits per heavy atom. The summed E-state index contributed by atoms with van der Waals surface area (Å²) in [6.07, 6.45) is 11.1. The van der Waals surface area contributed by atoms with E-state index in [1.165, 1.54) is 43.7 Å². The number of hydrogen-bond acceptors (Lipinski definition) is 1. The lowest BCUT2D eigenvalue weighted by molar-refractivity contribution is 0.624. The van der Waals surface area contributed by atoms with Crippen LogP contribution < -0.4 is 0 Å². The van der Waals surface area contributed by atoms with Crippen LogP contribution in [0.4, 0.5) is 4.39 Å². The minimum atomic E-state index is -0.357. The van der Waals surface area contributed by atoms with Gasteiger partial charge < -0.3 is 0 Å². The van der Waals surface area contributed by atoms with Gasteiger partial charge >= 0.3 is 0 Å². The molecule has 1 aromatic heterocycles. The van der Waals surface area contributed by atoms with Crippen LogP contribution in [-0.4, -0.2) is 4.98 Å². The van der Waals surface area contributed by atoms with Gasteiger partial charge in [0.25, 0.3) is 0 Å². The van der Waals surface area contributed by atoms with Crippen LogP contribution in [0.1, 0.15) is 85.9 Å². The Kier molecular flexibility index (Phi) is 9.75. The molecule has 0 N–H and O–H groups in total. The molecule has 3 rings (SSSR count). The zero-order valence-corrected chi connectivity index (χ0v) is 19.8. The predicted octanol–water partition coefficient (Wildman–Crippen LogP) is 7.49. The third-order valence-electron chi connectivity index (χ3n) is 5.55. The van der Waals surface area contributed by atoms with Gasteiger partial charge in [-0.3, -0.25) is 4.98 Å². The molecule has 0 bridgehead atoms. The standard InChI is InChI=1S/C31H32FN/c1-3-5-7-9-25-11-13-26(14-12-25)15-16-27-17-20-29(31(32)23-27)21-18-28-19-22-30(33-24-28)10-8-6-4-2/h11-14,17,19-20,22-24H,3-10H2,1-2H3. The highest BCUT2D eigenvalue weighted by Gasteiger charge is 2.01. The molecule has 0 spiro atoms. The molecule has 0 radical (unpaired) electrons. The number of nitrogens with zero attached hydrogens (tertiary/aromatic N) is 1. The maximum atomic E-state index is 14.5. The van der Waals surface area contributed by atoms with Crippen molar-refractivity contribution >= 4 is 0 Å². The number of halogens is 1. The summed E-state index contributed by atoms with van der Waals surface area (Å²) in [6.45, 7) is 4.41. The molecule has 2 aromatic carbocycles. The zero-order valence-electron chi connectivity index (χ0n) is 19.8. The average molecular weight is 438 g/mol. The van der Waals surface area contributed by atoms with Gasteiger partial charge in [-0.05, 0) is 73.7 Å². The maximum absolute atomic E-state index is 14.5. The number of hydrogen-bond donors (Lipinski definition) is 0. The highest BCUT2D eigenvalue weighted by molar-refractivity contribution is 5.48. The van der Waals surface area contributed by atoms with Gasteiger partial charge in [-0.1, -0.05) is 75.3 Å². The first kappa shape index (κ1) is 24.3. The fourth-order valence-corrected chi connectivity index (χ4v) is 3.51. The van der Waals surface area contributed by atoms with Gasteiger partial charge in [-0.25, -0.2) is 4.39 Å². The van der Waals surface area contributed by atoms with Crippen molar-refractivity contribution in [2.24, 2.45) is 0 Å². The van der Waals surface area contributed by atoms with Crippen LogP contribution in [0.2, 0.25) is 0 Å². The second kappa shape index (κ2) is 13.2. The SMILES string of the molecule is CCCCCc1ccc(C#Cc2ccc(C#Cc3ccc(CCCCC)nc3)c(F)c2)cc1. The Morgan fingerprint density at radius 3 is 1.97 bits per heavy atom. The molecule has 1 heterocycles. The summed E-state index contributed by atoms with van der Waals surface area (Å²) < 4.78 is 14.5. The highest BCUT2D eigenvalue weighted by atomic mass is 19.1. The minimum Gasteiger partial charge on any atom is -0.260 e. The van der Waals surface area contributed by atoms with E-state index in [0.717, 1.165) is 36.1 Å². The Balaban J connectivity index is 1.61. The summed E-state index contributed by atoms with van der Waals surface area (Å²) in [7, 11) is 0. The van der Waals surface area contributed by atoms with Gasteiger partial charge in [0.1, 0.15) is 5.82 Å². The van der Waals surface area contributed by atoms with E-state index in [-0.39, 0.29) is 5.82 Å². The van der Waals surface area contributed by atoms with Crippen molar-refractivity contribution < 1.29 is 4.39 Å². The summed E-state index contributed by atoms with van der Waals surface area (Å²) in [4.78, 5) is 4.46. The van der Waals surface area contributed by atoms with Crippen molar-refractivity contribution in [1.82, 2.24) is 4.98 Å². The first-order chi connectivity index (χ1) is 16.2. The second-order valence-electron chi connectivity index (χ2n) is 8.34. The number of unbranched alkanes of at least 4 members (excludes halogenated alkanes) is 4. The predicted molar refractivity (Wildman–Crippen MR) is 135 cm³/mol. The third kappa shape index (κ3) is 8.25. The van der Waals surface area contributed by atoms with E-state index >= 15 is 0 Å². The topological polar surface area (TPSA) is 12.9 Å². The summed E-state index contributed by atoms with van der Waals surface area (Å²) in [5, 5.41) is 0. The van der Waals surface area contributed by atoms with Crippen LogP contribution in [0.15, 0.2) is 60.8 Å². The van der Waals surface area contributed by atoms with Gasteiger partial charge in [0, 0.05) is 28.6 Å². The first-order valence-electron chi connectivity index (χ1n) is 12.1. The second-order valence-corrected chi connectivity index (χ2v) is 8.34. The van der Waals surface area contributed by atoms with Crippen LogP contribution in [0.3, 0.4) is 0 Å². The average Bonchev–Trinajstić information content (AvgIpc) is 2.84. The molecule has 3 aromatic rings. The molecule has 0 unspecified atom stereocenters. The van der Waals surface area contributed by atoms with Crippen molar-refractivity contribution in [3.05, 3.63) is 100 Å². The summed E-state index contributed by atoms with van der Waals surface area (Å²) >= 11 is 0. The number of aromatic nitrogens is 1. The minimum absolute atomic E-state index is 0.357. The highest BCUT2D eigenvalue weighted by Crippen LogP contribution is 2.11. The maximum Gasteiger partial charge on any atom is 0.140 e. The molecule has 0 saturated heterocycles. The monoisotopic (exact) mass is 437 g/mol. The van der Waals surface area contributed by atoms with E-state index in [1.807, 2.05) is 30.3 Å². The van der Waals surface area contributed by atoms with Gasteiger partial charge in [-0.2, -0.15) is 0 Å². The summed E-state index contributed by atoms with van der Waals surface area (Å²) in [6, 6.07) is 17.2. The van der Waals surface area contributed by atoms with E-state index in [1.54, 1.807) is 12.3 Å². The molecule has 0 atom stereocenters. The Labute approximate surface area is 198 Å². The van der Waals surface area contributed by atoms with E-state index in [9.17, 15) is 4.39 Å². The Hall–Kier alpha value is -3.36. The van der Waals surface area contributed by atoms with Crippen molar-refractivity contribution in [1.29, 1.82) is 0 Å². The summed E-state index contributed by atoms with van der Waals surface area (Å²) in [5.74, 6) is 11.7. The van der Waals surface area contributed by atoms with Gasteiger partial charge in [0.05, 0.1) is 5.56 Å². The van der Waals surface area contributed by atoms with E-state index < -0.39 is 0 Å². The van der Waals surface area contributed by atoms with Crippen molar-refractivity contribution in [3.63, 3.8) is 0 Å². The molecule has 33 heavy (non-hydrogen) atoms. The van der Waals surface area contributed by atoms with Crippen LogP contribution in [-0.2, 0) is 12.8 Å². The van der Waals surface area contributed by atoms with E-state index in [2.05, 4.69) is 54.6 Å². The lowest BCUT2D eigenvalue weighted by Crippen LogP contribution is -1.91. The fourth-order valence-electron chi connectivity index (χ4n) is 3.51. The normalized spacial score (nSPS) is 10.2. The lowest BCUT2D eigenvalue weighted by Gasteiger charge is -2.00. The van der Waals surface area contributed by atoms with Crippen molar-refractivity contribution in [2.45, 2.75) is 65.2 Å². The molecule has 0 aliphatic carbocycles. The largest absolute Gasteiger partial charge is 0.260 e. The number of benzene rings is 2. The molecule has 168 valence electrons. The Bertz CT molecular complexity index is 1140. The molecule has 0 saturated carbocycles. The van der Waals surface area contributed by atoms with Crippen molar-refractivity contribution in [3.8, 4) is 23.7 Å². The quantitative estimate of drug-likeness (QED) is 0.263. The molecule has 2 heteroatoms. The number of aryl methyl sites for hydroxylation is 2. The first-order valence-corrected chi connectivity index (χ1v) is 12.1. The van der Waals surface area contributed by atoms with Crippen LogP contribution in [0.25, 0.3) is 0 Å². The molecule has 1 nitrogen and oxygen atoms in total. The molecular weight excluding hydrogens is 405 g/mol. The smallest absolute Gasteiger partial charge is 0.140 e.